The zero-order valence-corrected chi connectivity index (χ0v) is 11.2. The topological polar surface area (TPSA) is 54.4 Å². The number of Topliss-reactive ketones (excluding diaryl/α,β-unsaturated/α-hetero) is 1. The van der Waals surface area contributed by atoms with E-state index >= 15 is 0 Å². The number of hydrogen-bond donors (Lipinski definition) is 1. The lowest BCUT2D eigenvalue weighted by Gasteiger charge is -2.05. The van der Waals surface area contributed by atoms with Gasteiger partial charge in [0, 0.05) is 15.6 Å². The maximum atomic E-state index is 11.8. The highest BCUT2D eigenvalue weighted by molar-refractivity contribution is 14.1. The van der Waals surface area contributed by atoms with Gasteiger partial charge in [-0.3, -0.25) is 4.79 Å². The Morgan fingerprint density at radius 1 is 1.31 bits per heavy atom. The van der Waals surface area contributed by atoms with Gasteiger partial charge in [-0.25, -0.2) is 4.79 Å². The van der Waals surface area contributed by atoms with Crippen LogP contribution in [0.2, 0.25) is 0 Å². The highest BCUT2D eigenvalue weighted by Gasteiger charge is 2.16. The van der Waals surface area contributed by atoms with E-state index in [9.17, 15) is 9.59 Å². The van der Waals surface area contributed by atoms with Gasteiger partial charge in [0.15, 0.2) is 5.78 Å². The van der Waals surface area contributed by atoms with Crippen molar-refractivity contribution in [3.8, 4) is 0 Å². The van der Waals surface area contributed by atoms with E-state index in [0.717, 1.165) is 16.4 Å². The lowest BCUT2D eigenvalue weighted by atomic mass is 10.0. The molecule has 0 saturated carbocycles. The standard InChI is InChI=1S/C12H13IO3/c1-2-3-4-11(14)9-6-5-8(13)7-10(9)12(15)16/h5-7H,2-4H2,1H3,(H,15,16). The minimum absolute atomic E-state index is 0.0874. The maximum absolute atomic E-state index is 11.8. The lowest BCUT2D eigenvalue weighted by molar-refractivity contribution is 0.0691. The second-order valence-electron chi connectivity index (χ2n) is 3.52. The molecule has 1 rings (SSSR count). The minimum Gasteiger partial charge on any atom is -0.478 e. The number of rotatable bonds is 5. The zero-order chi connectivity index (χ0) is 12.1. The van der Waals surface area contributed by atoms with Crippen molar-refractivity contribution in [1.29, 1.82) is 0 Å². The van der Waals surface area contributed by atoms with Gasteiger partial charge in [0.25, 0.3) is 0 Å². The Bertz CT molecular complexity index is 413. The fourth-order valence-electron chi connectivity index (χ4n) is 1.41. The Kier molecular flexibility index (Phi) is 4.92. The van der Waals surface area contributed by atoms with Crippen LogP contribution in [0.5, 0.6) is 0 Å². The first kappa shape index (κ1) is 13.2. The van der Waals surface area contributed by atoms with Gasteiger partial charge in [-0.05, 0) is 47.2 Å². The Morgan fingerprint density at radius 3 is 2.56 bits per heavy atom. The molecule has 0 amide bonds. The monoisotopic (exact) mass is 332 g/mol. The van der Waals surface area contributed by atoms with Crippen LogP contribution in [0.25, 0.3) is 0 Å². The molecule has 0 aromatic heterocycles. The van der Waals surface area contributed by atoms with Crippen molar-refractivity contribution in [3.05, 3.63) is 32.9 Å². The van der Waals surface area contributed by atoms with E-state index in [0.29, 0.717) is 12.0 Å². The quantitative estimate of drug-likeness (QED) is 0.664. The van der Waals surface area contributed by atoms with Crippen LogP contribution in [-0.2, 0) is 0 Å². The molecule has 4 heteroatoms. The first-order chi connectivity index (χ1) is 7.56. The summed E-state index contributed by atoms with van der Waals surface area (Å²) in [6, 6.07) is 4.89. The van der Waals surface area contributed by atoms with Crippen molar-refractivity contribution in [2.75, 3.05) is 0 Å². The molecule has 1 aromatic rings. The molecule has 16 heavy (non-hydrogen) atoms. The molecule has 1 N–H and O–H groups in total. The lowest BCUT2D eigenvalue weighted by Crippen LogP contribution is -2.08. The van der Waals surface area contributed by atoms with Crippen molar-refractivity contribution in [2.45, 2.75) is 26.2 Å². The van der Waals surface area contributed by atoms with Crippen molar-refractivity contribution < 1.29 is 14.7 Å². The molecule has 86 valence electrons. The summed E-state index contributed by atoms with van der Waals surface area (Å²) < 4.78 is 0.821. The summed E-state index contributed by atoms with van der Waals surface area (Å²) in [5.41, 5.74) is 0.425. The Labute approximate surface area is 108 Å². The van der Waals surface area contributed by atoms with E-state index in [4.69, 9.17) is 5.11 Å². The average molecular weight is 332 g/mol. The molecule has 0 saturated heterocycles. The van der Waals surface area contributed by atoms with Crippen LogP contribution in [0.3, 0.4) is 0 Å². The molecule has 0 radical (unpaired) electrons. The van der Waals surface area contributed by atoms with Crippen LogP contribution in [0.15, 0.2) is 18.2 Å². The molecule has 0 spiro atoms. The van der Waals surface area contributed by atoms with Crippen LogP contribution >= 0.6 is 22.6 Å². The van der Waals surface area contributed by atoms with E-state index in [2.05, 4.69) is 0 Å². The molecule has 0 unspecified atom stereocenters. The fourth-order valence-corrected chi connectivity index (χ4v) is 1.90. The predicted octanol–water partition coefficient (Wildman–Crippen LogP) is 3.36. The summed E-state index contributed by atoms with van der Waals surface area (Å²) in [5, 5.41) is 9.01. The van der Waals surface area contributed by atoms with Crippen molar-refractivity contribution in [1.82, 2.24) is 0 Å². The number of ketones is 1. The number of carboxylic acid groups (broad SMARTS) is 1. The van der Waals surface area contributed by atoms with Gasteiger partial charge < -0.3 is 5.11 Å². The van der Waals surface area contributed by atoms with E-state index in [1.165, 1.54) is 6.07 Å². The van der Waals surface area contributed by atoms with Gasteiger partial charge >= 0.3 is 5.97 Å². The third kappa shape index (κ3) is 3.30. The Balaban J connectivity index is 3.03. The van der Waals surface area contributed by atoms with E-state index in [1.54, 1.807) is 12.1 Å². The summed E-state index contributed by atoms with van der Waals surface area (Å²) in [6.45, 7) is 2.00. The molecule has 0 heterocycles. The van der Waals surface area contributed by atoms with Gasteiger partial charge in [0.2, 0.25) is 0 Å². The smallest absolute Gasteiger partial charge is 0.336 e. The summed E-state index contributed by atoms with van der Waals surface area (Å²) in [5.74, 6) is -1.13. The summed E-state index contributed by atoms with van der Waals surface area (Å²) >= 11 is 2.03. The van der Waals surface area contributed by atoms with Gasteiger partial charge in [0.05, 0.1) is 5.56 Å². The molecule has 1 aromatic carbocycles. The number of aromatic carboxylic acids is 1. The number of hydrogen-bond acceptors (Lipinski definition) is 2. The second-order valence-corrected chi connectivity index (χ2v) is 4.77. The Hall–Kier alpha value is -0.910. The highest BCUT2D eigenvalue weighted by Crippen LogP contribution is 2.16. The molecular formula is C12H13IO3. The maximum Gasteiger partial charge on any atom is 0.336 e. The second kappa shape index (κ2) is 5.98. The van der Waals surface area contributed by atoms with Crippen LogP contribution in [0.1, 0.15) is 46.9 Å². The SMILES string of the molecule is CCCCC(=O)c1ccc(I)cc1C(=O)O. The zero-order valence-electron chi connectivity index (χ0n) is 9.00. The molecule has 0 aliphatic carbocycles. The number of unbranched alkanes of at least 4 members (excludes halogenated alkanes) is 1. The fraction of sp³-hybridized carbons (Fsp3) is 0.333. The number of carboxylic acids is 1. The van der Waals surface area contributed by atoms with Gasteiger partial charge in [0.1, 0.15) is 0 Å². The summed E-state index contributed by atoms with van der Waals surface area (Å²) in [7, 11) is 0. The molecule has 0 aliphatic rings. The van der Waals surface area contributed by atoms with E-state index in [1.807, 2.05) is 29.5 Å². The van der Waals surface area contributed by atoms with Crippen molar-refractivity contribution in [2.24, 2.45) is 0 Å². The van der Waals surface area contributed by atoms with Crippen LogP contribution in [-0.4, -0.2) is 16.9 Å². The third-order valence-corrected chi connectivity index (χ3v) is 2.94. The number of carbonyl (C=O) groups excluding carboxylic acids is 1. The van der Waals surface area contributed by atoms with Crippen molar-refractivity contribution >= 4 is 34.3 Å². The van der Waals surface area contributed by atoms with Crippen LogP contribution < -0.4 is 0 Å². The molecule has 0 aliphatic heterocycles. The number of carbonyl (C=O) groups is 2. The molecule has 3 nitrogen and oxygen atoms in total. The van der Waals surface area contributed by atoms with Crippen molar-refractivity contribution in [3.63, 3.8) is 0 Å². The van der Waals surface area contributed by atoms with Crippen LogP contribution in [0.4, 0.5) is 0 Å². The average Bonchev–Trinajstić information content (AvgIpc) is 2.25. The largest absolute Gasteiger partial charge is 0.478 e. The van der Waals surface area contributed by atoms with E-state index < -0.39 is 5.97 Å². The number of benzene rings is 1. The third-order valence-electron chi connectivity index (χ3n) is 2.27. The summed E-state index contributed by atoms with van der Waals surface area (Å²) in [4.78, 5) is 22.8. The Morgan fingerprint density at radius 2 is 2.00 bits per heavy atom. The number of halogens is 1. The van der Waals surface area contributed by atoms with Gasteiger partial charge in [-0.1, -0.05) is 13.3 Å². The van der Waals surface area contributed by atoms with Gasteiger partial charge in [-0.15, -0.1) is 0 Å². The highest BCUT2D eigenvalue weighted by atomic mass is 127. The first-order valence-corrected chi connectivity index (χ1v) is 6.20. The first-order valence-electron chi connectivity index (χ1n) is 5.12. The molecule has 0 atom stereocenters. The molecule has 0 fully saturated rings. The predicted molar refractivity (Wildman–Crippen MR) is 70.0 cm³/mol. The van der Waals surface area contributed by atoms with E-state index in [-0.39, 0.29) is 11.3 Å². The minimum atomic E-state index is -1.04. The molecular weight excluding hydrogens is 319 g/mol. The molecule has 0 bridgehead atoms. The summed E-state index contributed by atoms with van der Waals surface area (Å²) in [6.07, 6.45) is 2.14. The normalized spacial score (nSPS) is 10.1. The van der Waals surface area contributed by atoms with Gasteiger partial charge in [-0.2, -0.15) is 0 Å². The van der Waals surface area contributed by atoms with Crippen LogP contribution in [0, 0.1) is 3.57 Å².